The van der Waals surface area contributed by atoms with E-state index in [9.17, 15) is 8.42 Å². The lowest BCUT2D eigenvalue weighted by Gasteiger charge is -2.42. The van der Waals surface area contributed by atoms with Crippen LogP contribution in [0, 0.1) is 0 Å². The molecule has 0 N–H and O–H groups in total. The molecule has 0 aliphatic carbocycles. The van der Waals surface area contributed by atoms with E-state index in [0.717, 1.165) is 22.4 Å². The minimum atomic E-state index is -3.46. The van der Waals surface area contributed by atoms with Crippen LogP contribution in [0.2, 0.25) is 0 Å². The summed E-state index contributed by atoms with van der Waals surface area (Å²) in [6, 6.07) is 15.9. The summed E-state index contributed by atoms with van der Waals surface area (Å²) in [7, 11) is -3.46. The normalized spacial score (nSPS) is 21.6. The van der Waals surface area contributed by atoms with Crippen molar-refractivity contribution in [3.05, 3.63) is 71.3 Å². The van der Waals surface area contributed by atoms with Gasteiger partial charge in [0.05, 0.1) is 0 Å². The molecule has 1 spiro atoms. The first kappa shape index (κ1) is 17.0. The van der Waals surface area contributed by atoms with Crippen LogP contribution in [0.1, 0.15) is 29.5 Å². The zero-order valence-corrected chi connectivity index (χ0v) is 15.9. The van der Waals surface area contributed by atoms with Crippen LogP contribution in [-0.2, 0) is 23.3 Å². The van der Waals surface area contributed by atoms with Gasteiger partial charge in [-0.25, -0.2) is 0 Å². The number of nitrogens with zero attached hydrogens (tertiary/aromatic N) is 2. The Balaban J connectivity index is 1.30. The maximum absolute atomic E-state index is 13.1. The number of fused-ring (bicyclic) bond motifs is 2. The molecule has 3 aliphatic rings. The van der Waals surface area contributed by atoms with Crippen LogP contribution >= 0.6 is 0 Å². The Hall–Kier alpha value is -2.15. The number of benzene rings is 2. The quantitative estimate of drug-likeness (QED) is 0.802. The van der Waals surface area contributed by atoms with Crippen molar-refractivity contribution in [3.8, 4) is 5.75 Å². The van der Waals surface area contributed by atoms with Crippen LogP contribution < -0.4 is 4.74 Å². The van der Waals surface area contributed by atoms with E-state index >= 15 is 0 Å². The summed E-state index contributed by atoms with van der Waals surface area (Å²) in [5.74, 6) is 0.881. The van der Waals surface area contributed by atoms with E-state index in [0.29, 0.717) is 39.0 Å². The number of hydrogen-bond donors (Lipinski definition) is 0. The first-order valence-electron chi connectivity index (χ1n) is 9.35. The van der Waals surface area contributed by atoms with Crippen molar-refractivity contribution in [1.29, 1.82) is 0 Å². The third-order valence-electron chi connectivity index (χ3n) is 5.83. The van der Waals surface area contributed by atoms with Gasteiger partial charge in [0.2, 0.25) is 0 Å². The standard InChI is InChI=1S/C21H22N2O3S/c24-27(25,23-15-18-6-1-2-7-19(18)16-23)22-13-11-21(12-14-22)10-9-17-5-3-4-8-20(17)26-21/h1-10H,11-16H2. The number of rotatable bonds is 2. The van der Waals surface area contributed by atoms with Gasteiger partial charge in [-0.05, 0) is 23.3 Å². The van der Waals surface area contributed by atoms with Gasteiger partial charge in [0.15, 0.2) is 0 Å². The third kappa shape index (κ3) is 2.88. The van der Waals surface area contributed by atoms with Crippen molar-refractivity contribution in [3.63, 3.8) is 0 Å². The number of ether oxygens (including phenoxy) is 1. The van der Waals surface area contributed by atoms with Crippen molar-refractivity contribution in [2.45, 2.75) is 31.5 Å². The molecule has 6 heteroatoms. The minimum Gasteiger partial charge on any atom is -0.482 e. The lowest BCUT2D eigenvalue weighted by molar-refractivity contribution is 0.0603. The zero-order valence-electron chi connectivity index (χ0n) is 15.0. The molecule has 5 rings (SSSR count). The molecule has 2 aromatic carbocycles. The van der Waals surface area contributed by atoms with Crippen LogP contribution in [0.5, 0.6) is 5.75 Å². The Morgan fingerprint density at radius 2 is 1.48 bits per heavy atom. The Kier molecular flexibility index (Phi) is 3.89. The molecule has 2 aromatic rings. The highest BCUT2D eigenvalue weighted by molar-refractivity contribution is 7.86. The largest absolute Gasteiger partial charge is 0.482 e. The van der Waals surface area contributed by atoms with Crippen molar-refractivity contribution in [1.82, 2.24) is 8.61 Å². The molecule has 0 amide bonds. The molecule has 3 aliphatic heterocycles. The molecule has 0 aromatic heterocycles. The summed E-state index contributed by atoms with van der Waals surface area (Å²) in [5.41, 5.74) is 2.89. The first-order valence-corrected chi connectivity index (χ1v) is 10.7. The molecule has 0 saturated carbocycles. The Bertz CT molecular complexity index is 983. The Morgan fingerprint density at radius 1 is 0.852 bits per heavy atom. The van der Waals surface area contributed by atoms with Gasteiger partial charge in [-0.2, -0.15) is 17.0 Å². The molecule has 5 nitrogen and oxygen atoms in total. The van der Waals surface area contributed by atoms with Crippen molar-refractivity contribution in [2.24, 2.45) is 0 Å². The van der Waals surface area contributed by atoms with E-state index in [-0.39, 0.29) is 0 Å². The van der Waals surface area contributed by atoms with Gasteiger partial charge in [-0.3, -0.25) is 0 Å². The van der Waals surface area contributed by atoms with Crippen LogP contribution in [0.15, 0.2) is 54.6 Å². The van der Waals surface area contributed by atoms with E-state index in [2.05, 4.69) is 12.2 Å². The molecular formula is C21H22N2O3S. The predicted octanol–water partition coefficient (Wildman–Crippen LogP) is 3.19. The molecule has 0 unspecified atom stereocenters. The average molecular weight is 382 g/mol. The molecular weight excluding hydrogens is 360 g/mol. The molecule has 0 atom stereocenters. The van der Waals surface area contributed by atoms with Crippen LogP contribution in [-0.4, -0.2) is 35.7 Å². The second-order valence-electron chi connectivity index (χ2n) is 7.48. The predicted molar refractivity (Wildman–Crippen MR) is 104 cm³/mol. The number of hydrogen-bond acceptors (Lipinski definition) is 3. The fourth-order valence-electron chi connectivity index (χ4n) is 4.20. The van der Waals surface area contributed by atoms with Gasteiger partial charge in [-0.15, -0.1) is 0 Å². The molecule has 140 valence electrons. The summed E-state index contributed by atoms with van der Waals surface area (Å²) in [5, 5.41) is 0. The minimum absolute atomic E-state index is 0.394. The second kappa shape index (κ2) is 6.19. The maximum atomic E-state index is 13.1. The highest BCUT2D eigenvalue weighted by atomic mass is 32.2. The van der Waals surface area contributed by atoms with Crippen LogP contribution in [0.3, 0.4) is 0 Å². The van der Waals surface area contributed by atoms with Crippen molar-refractivity contribution < 1.29 is 13.2 Å². The fourth-order valence-corrected chi connectivity index (χ4v) is 5.77. The van der Waals surface area contributed by atoms with E-state index < -0.39 is 15.8 Å². The summed E-state index contributed by atoms with van der Waals surface area (Å²) in [4.78, 5) is 0. The van der Waals surface area contributed by atoms with Gasteiger partial charge in [0.25, 0.3) is 10.2 Å². The van der Waals surface area contributed by atoms with Gasteiger partial charge in [0.1, 0.15) is 11.4 Å². The Morgan fingerprint density at radius 3 is 2.19 bits per heavy atom. The summed E-state index contributed by atoms with van der Waals surface area (Å²) in [6.45, 7) is 1.87. The van der Waals surface area contributed by atoms with Gasteiger partial charge < -0.3 is 4.74 Å². The molecule has 3 heterocycles. The molecule has 0 radical (unpaired) electrons. The van der Waals surface area contributed by atoms with Crippen LogP contribution in [0.25, 0.3) is 6.08 Å². The number of para-hydroxylation sites is 1. The van der Waals surface area contributed by atoms with Gasteiger partial charge in [-0.1, -0.05) is 48.5 Å². The van der Waals surface area contributed by atoms with E-state index in [1.54, 1.807) is 8.61 Å². The molecule has 27 heavy (non-hydrogen) atoms. The van der Waals surface area contributed by atoms with Crippen LogP contribution in [0.4, 0.5) is 0 Å². The van der Waals surface area contributed by atoms with E-state index in [1.807, 2.05) is 48.5 Å². The monoisotopic (exact) mass is 382 g/mol. The third-order valence-corrected chi connectivity index (χ3v) is 7.76. The Labute approximate surface area is 160 Å². The lowest BCUT2D eigenvalue weighted by atomic mass is 9.89. The van der Waals surface area contributed by atoms with Gasteiger partial charge >= 0.3 is 0 Å². The zero-order chi connectivity index (χ0) is 18.5. The first-order chi connectivity index (χ1) is 13.1. The molecule has 1 fully saturated rings. The summed E-state index contributed by atoms with van der Waals surface area (Å²) < 4.78 is 35.7. The van der Waals surface area contributed by atoms with Crippen molar-refractivity contribution >= 4 is 16.3 Å². The molecule has 0 bridgehead atoms. The SMILES string of the molecule is O=S(=O)(N1CCC2(C=Cc3ccccc3O2)CC1)N1Cc2ccccc2C1. The smallest absolute Gasteiger partial charge is 0.282 e. The second-order valence-corrected chi connectivity index (χ2v) is 9.41. The number of piperidine rings is 1. The highest BCUT2D eigenvalue weighted by Crippen LogP contribution is 2.38. The summed E-state index contributed by atoms with van der Waals surface area (Å²) in [6.07, 6.45) is 5.53. The lowest BCUT2D eigenvalue weighted by Crippen LogP contribution is -2.52. The topological polar surface area (TPSA) is 49.9 Å². The van der Waals surface area contributed by atoms with E-state index in [4.69, 9.17) is 4.74 Å². The highest BCUT2D eigenvalue weighted by Gasteiger charge is 2.42. The fraction of sp³-hybridized carbons (Fsp3) is 0.333. The molecule has 1 saturated heterocycles. The van der Waals surface area contributed by atoms with Gasteiger partial charge in [0, 0.05) is 44.6 Å². The average Bonchev–Trinajstić information content (AvgIpc) is 3.13. The van der Waals surface area contributed by atoms with E-state index in [1.165, 1.54) is 0 Å². The summed E-state index contributed by atoms with van der Waals surface area (Å²) >= 11 is 0. The maximum Gasteiger partial charge on any atom is 0.282 e. The van der Waals surface area contributed by atoms with Crippen molar-refractivity contribution in [2.75, 3.05) is 13.1 Å².